The number of amides is 1. The van der Waals surface area contributed by atoms with E-state index in [1.807, 2.05) is 0 Å². The molecule has 0 fully saturated rings. The predicted octanol–water partition coefficient (Wildman–Crippen LogP) is 1.36. The number of carbonyl (C=O) groups is 1. The number of hydrogen-bond donors (Lipinski definition) is 2. The Morgan fingerprint density at radius 2 is 2.06 bits per heavy atom. The zero-order valence-corrected chi connectivity index (χ0v) is 10.1. The van der Waals surface area contributed by atoms with Gasteiger partial charge in [-0.05, 0) is 24.3 Å². The number of nitrogens with two attached hydrogens (primary N) is 1. The van der Waals surface area contributed by atoms with Gasteiger partial charge in [-0.2, -0.15) is 0 Å². The first kappa shape index (κ1) is 12.1. The maximum Gasteiger partial charge on any atom is 0.275 e. The van der Waals surface area contributed by atoms with Gasteiger partial charge in [0.25, 0.3) is 5.91 Å². The van der Waals surface area contributed by atoms with Crippen molar-refractivity contribution in [2.45, 2.75) is 0 Å². The summed E-state index contributed by atoms with van der Waals surface area (Å²) in [5.74, 6) is 0.144. The second-order valence-corrected chi connectivity index (χ2v) is 3.91. The molecule has 0 unspecified atom stereocenters. The molecule has 1 amide bonds. The Hall–Kier alpha value is -2.34. The van der Waals surface area contributed by atoms with Gasteiger partial charge < -0.3 is 11.1 Å². The molecule has 2 aromatic heterocycles. The maximum absolute atomic E-state index is 11.8. The smallest absolute Gasteiger partial charge is 0.275 e. The van der Waals surface area contributed by atoms with Crippen LogP contribution in [0.4, 0.5) is 5.82 Å². The fraction of sp³-hybridized carbons (Fsp3) is 0. The lowest BCUT2D eigenvalue weighted by molar-refractivity contribution is 0.102. The molecule has 0 radical (unpaired) electrons. The van der Waals surface area contributed by atoms with E-state index >= 15 is 0 Å². The largest absolute Gasteiger partial charge is 0.389 e. The fourth-order valence-electron chi connectivity index (χ4n) is 1.29. The zero-order valence-electron chi connectivity index (χ0n) is 9.33. The summed E-state index contributed by atoms with van der Waals surface area (Å²) in [6.07, 6.45) is 3.06. The summed E-state index contributed by atoms with van der Waals surface area (Å²) in [4.78, 5) is 20.0. The minimum Gasteiger partial charge on any atom is -0.389 e. The monoisotopic (exact) mass is 258 g/mol. The van der Waals surface area contributed by atoms with Gasteiger partial charge >= 0.3 is 0 Å². The number of rotatable bonds is 3. The molecule has 5 nitrogen and oxygen atoms in total. The first-order valence-corrected chi connectivity index (χ1v) is 5.56. The molecule has 6 heteroatoms. The van der Waals surface area contributed by atoms with Crippen LogP contribution in [0.5, 0.6) is 0 Å². The molecule has 90 valence electrons. The highest BCUT2D eigenvalue weighted by Gasteiger charge is 2.08. The summed E-state index contributed by atoms with van der Waals surface area (Å²) < 4.78 is 0. The molecule has 0 saturated heterocycles. The Balaban J connectivity index is 2.12. The minimum atomic E-state index is -0.330. The topological polar surface area (TPSA) is 80.9 Å². The SMILES string of the molecule is NC(=S)c1ccc(C(=O)Nc2ccccn2)nc1. The molecule has 0 spiro atoms. The third kappa shape index (κ3) is 2.86. The molecule has 2 aromatic rings. The van der Waals surface area contributed by atoms with Crippen LogP contribution in [-0.4, -0.2) is 20.9 Å². The van der Waals surface area contributed by atoms with Crippen LogP contribution in [0.3, 0.4) is 0 Å². The first-order chi connectivity index (χ1) is 8.66. The highest BCUT2D eigenvalue weighted by Crippen LogP contribution is 2.05. The Kier molecular flexibility index (Phi) is 3.59. The molecule has 0 aliphatic carbocycles. The molecular formula is C12H10N4OS. The van der Waals surface area contributed by atoms with Crippen molar-refractivity contribution in [3.63, 3.8) is 0 Å². The number of hydrogen-bond acceptors (Lipinski definition) is 4. The zero-order chi connectivity index (χ0) is 13.0. The van der Waals surface area contributed by atoms with Crippen molar-refractivity contribution in [2.75, 3.05) is 5.32 Å². The van der Waals surface area contributed by atoms with Gasteiger partial charge in [0.1, 0.15) is 16.5 Å². The van der Waals surface area contributed by atoms with Gasteiger partial charge in [0.15, 0.2) is 0 Å². The van der Waals surface area contributed by atoms with Gasteiger partial charge in [-0.15, -0.1) is 0 Å². The number of aromatic nitrogens is 2. The molecule has 0 saturated carbocycles. The van der Waals surface area contributed by atoms with Crippen LogP contribution in [0, 0.1) is 0 Å². The number of nitrogens with zero attached hydrogens (tertiary/aromatic N) is 2. The molecule has 0 aliphatic heterocycles. The Bertz CT molecular complexity index is 568. The summed E-state index contributed by atoms with van der Waals surface area (Å²) in [5.41, 5.74) is 6.35. The standard InChI is InChI=1S/C12H10N4OS/c13-11(18)8-4-5-9(15-7-8)12(17)16-10-3-1-2-6-14-10/h1-7H,(H2,13,18)(H,14,16,17). The molecule has 3 N–H and O–H groups in total. The van der Waals surface area contributed by atoms with Crippen molar-refractivity contribution >= 4 is 28.9 Å². The van der Waals surface area contributed by atoms with Gasteiger partial charge in [0.05, 0.1) is 0 Å². The van der Waals surface area contributed by atoms with Crippen LogP contribution in [-0.2, 0) is 0 Å². The van der Waals surface area contributed by atoms with Gasteiger partial charge in [-0.3, -0.25) is 9.78 Å². The number of pyridine rings is 2. The van der Waals surface area contributed by atoms with Gasteiger partial charge in [0.2, 0.25) is 0 Å². The molecule has 0 atom stereocenters. The lowest BCUT2D eigenvalue weighted by atomic mass is 10.2. The Labute approximate surface area is 109 Å². The molecule has 0 bridgehead atoms. The highest BCUT2D eigenvalue weighted by molar-refractivity contribution is 7.80. The molecular weight excluding hydrogens is 248 g/mol. The van der Waals surface area contributed by atoms with Crippen molar-refractivity contribution in [3.05, 3.63) is 54.0 Å². The van der Waals surface area contributed by atoms with Crippen molar-refractivity contribution in [1.82, 2.24) is 9.97 Å². The van der Waals surface area contributed by atoms with E-state index in [0.717, 1.165) is 0 Å². The number of thiocarbonyl (C=S) groups is 1. The Morgan fingerprint density at radius 3 is 2.61 bits per heavy atom. The van der Waals surface area contributed by atoms with Gasteiger partial charge in [-0.1, -0.05) is 18.3 Å². The quantitative estimate of drug-likeness (QED) is 0.812. The minimum absolute atomic E-state index is 0.249. The summed E-state index contributed by atoms with van der Waals surface area (Å²) in [6, 6.07) is 8.47. The third-order valence-electron chi connectivity index (χ3n) is 2.19. The molecule has 2 heterocycles. The van der Waals surface area contributed by atoms with Crippen molar-refractivity contribution in [1.29, 1.82) is 0 Å². The van der Waals surface area contributed by atoms with Crippen LogP contribution in [0.25, 0.3) is 0 Å². The van der Waals surface area contributed by atoms with E-state index in [1.54, 1.807) is 36.5 Å². The summed E-state index contributed by atoms with van der Waals surface area (Å²) in [7, 11) is 0. The van der Waals surface area contributed by atoms with E-state index in [9.17, 15) is 4.79 Å². The summed E-state index contributed by atoms with van der Waals surface area (Å²) in [6.45, 7) is 0. The van der Waals surface area contributed by atoms with E-state index in [2.05, 4.69) is 15.3 Å². The normalized spacial score (nSPS) is 9.78. The third-order valence-corrected chi connectivity index (χ3v) is 2.42. The van der Waals surface area contributed by atoms with Crippen LogP contribution < -0.4 is 11.1 Å². The first-order valence-electron chi connectivity index (χ1n) is 5.15. The molecule has 18 heavy (non-hydrogen) atoms. The molecule has 0 aromatic carbocycles. The average molecular weight is 258 g/mol. The van der Waals surface area contributed by atoms with Crippen LogP contribution in [0.2, 0.25) is 0 Å². The molecule has 2 rings (SSSR count). The summed E-state index contributed by atoms with van der Waals surface area (Å²) in [5, 5.41) is 2.63. The second kappa shape index (κ2) is 5.33. The van der Waals surface area contributed by atoms with E-state index < -0.39 is 0 Å². The van der Waals surface area contributed by atoms with Crippen molar-refractivity contribution in [2.24, 2.45) is 5.73 Å². The van der Waals surface area contributed by atoms with E-state index in [1.165, 1.54) is 6.20 Å². The lowest BCUT2D eigenvalue weighted by Gasteiger charge is -2.04. The lowest BCUT2D eigenvalue weighted by Crippen LogP contribution is -2.16. The second-order valence-electron chi connectivity index (χ2n) is 3.47. The number of nitrogens with one attached hydrogen (secondary N) is 1. The highest BCUT2D eigenvalue weighted by atomic mass is 32.1. The van der Waals surface area contributed by atoms with E-state index in [0.29, 0.717) is 11.4 Å². The average Bonchev–Trinajstić information content (AvgIpc) is 2.40. The maximum atomic E-state index is 11.8. The predicted molar refractivity (Wildman–Crippen MR) is 72.3 cm³/mol. The number of anilines is 1. The van der Waals surface area contributed by atoms with Crippen molar-refractivity contribution in [3.8, 4) is 0 Å². The van der Waals surface area contributed by atoms with Crippen LogP contribution in [0.15, 0.2) is 42.7 Å². The molecule has 0 aliphatic rings. The van der Waals surface area contributed by atoms with Crippen LogP contribution in [0.1, 0.15) is 16.1 Å². The van der Waals surface area contributed by atoms with E-state index in [-0.39, 0.29) is 16.6 Å². The van der Waals surface area contributed by atoms with E-state index in [4.69, 9.17) is 18.0 Å². The van der Waals surface area contributed by atoms with Gasteiger partial charge in [-0.25, -0.2) is 4.98 Å². The number of carbonyl (C=O) groups excluding carboxylic acids is 1. The van der Waals surface area contributed by atoms with Crippen LogP contribution >= 0.6 is 12.2 Å². The van der Waals surface area contributed by atoms with Gasteiger partial charge in [0, 0.05) is 18.0 Å². The summed E-state index contributed by atoms with van der Waals surface area (Å²) >= 11 is 4.80. The fourth-order valence-corrected chi connectivity index (χ4v) is 1.41. The van der Waals surface area contributed by atoms with Crippen molar-refractivity contribution < 1.29 is 4.79 Å². The Morgan fingerprint density at radius 1 is 1.22 bits per heavy atom.